The summed E-state index contributed by atoms with van der Waals surface area (Å²) in [5, 5.41) is 0. The molecular weight excluding hydrogens is 220 g/mol. The van der Waals surface area contributed by atoms with E-state index < -0.39 is 0 Å². The molecule has 0 aromatic carbocycles. The van der Waals surface area contributed by atoms with Crippen molar-refractivity contribution in [2.45, 2.75) is 45.0 Å². The van der Waals surface area contributed by atoms with E-state index >= 15 is 0 Å². The van der Waals surface area contributed by atoms with Crippen LogP contribution in [0.15, 0.2) is 0 Å². The molecule has 0 aliphatic rings. The molecule has 0 bridgehead atoms. The van der Waals surface area contributed by atoms with Crippen LogP contribution in [-0.4, -0.2) is 20.9 Å². The standard InChI is InChI=1S/C8H16BrOSi/c1-7(2,3)6(10-11)8(4,5)9/h6H,1-5H3. The lowest BCUT2D eigenvalue weighted by Crippen LogP contribution is -2.42. The Hall–Kier alpha value is 0.657. The molecule has 0 saturated carbocycles. The number of alkyl halides is 1. The second-order valence-electron chi connectivity index (χ2n) is 4.43. The Morgan fingerprint density at radius 3 is 1.55 bits per heavy atom. The van der Waals surface area contributed by atoms with Crippen molar-refractivity contribution in [1.29, 1.82) is 0 Å². The molecule has 0 aromatic heterocycles. The van der Waals surface area contributed by atoms with E-state index in [0.29, 0.717) is 0 Å². The van der Waals surface area contributed by atoms with Crippen LogP contribution < -0.4 is 0 Å². The third-order valence-corrected chi connectivity index (χ3v) is 2.18. The van der Waals surface area contributed by atoms with Crippen molar-refractivity contribution in [3.05, 3.63) is 0 Å². The molecule has 1 atom stereocenters. The molecule has 11 heavy (non-hydrogen) atoms. The normalized spacial score (nSPS) is 16.6. The molecule has 0 fully saturated rings. The van der Waals surface area contributed by atoms with E-state index in [-0.39, 0.29) is 15.8 Å². The van der Waals surface area contributed by atoms with Crippen LogP contribution in [0.3, 0.4) is 0 Å². The van der Waals surface area contributed by atoms with Crippen LogP contribution in [0.5, 0.6) is 0 Å². The summed E-state index contributed by atoms with van der Waals surface area (Å²) >= 11 is 3.58. The average molecular weight is 236 g/mol. The van der Waals surface area contributed by atoms with Crippen LogP contribution in [0, 0.1) is 5.41 Å². The molecule has 1 unspecified atom stereocenters. The molecule has 0 aliphatic heterocycles. The van der Waals surface area contributed by atoms with Gasteiger partial charge in [0.2, 0.25) is 10.5 Å². The number of hydrogen-bond donors (Lipinski definition) is 0. The van der Waals surface area contributed by atoms with Gasteiger partial charge >= 0.3 is 0 Å². The van der Waals surface area contributed by atoms with Crippen molar-refractivity contribution in [3.63, 3.8) is 0 Å². The van der Waals surface area contributed by atoms with Crippen LogP contribution in [0.2, 0.25) is 0 Å². The van der Waals surface area contributed by atoms with Gasteiger partial charge in [0.25, 0.3) is 0 Å². The van der Waals surface area contributed by atoms with Gasteiger partial charge in [-0.2, -0.15) is 0 Å². The van der Waals surface area contributed by atoms with E-state index in [1.54, 1.807) is 0 Å². The van der Waals surface area contributed by atoms with Crippen LogP contribution in [0.1, 0.15) is 34.6 Å². The van der Waals surface area contributed by atoms with E-state index in [2.05, 4.69) is 61.0 Å². The molecular formula is C8H16BrOSi. The Labute approximate surface area is 81.6 Å². The second kappa shape index (κ2) is 3.58. The highest BCUT2D eigenvalue weighted by molar-refractivity contribution is 9.10. The summed E-state index contributed by atoms with van der Waals surface area (Å²) in [5.74, 6) is 0. The Bertz CT molecular complexity index is 109. The highest BCUT2D eigenvalue weighted by Crippen LogP contribution is 2.35. The molecule has 65 valence electrons. The maximum atomic E-state index is 5.24. The first-order chi connectivity index (χ1) is 4.69. The molecule has 0 spiro atoms. The van der Waals surface area contributed by atoms with Gasteiger partial charge in [-0.3, -0.25) is 0 Å². The van der Waals surface area contributed by atoms with Gasteiger partial charge in [-0.05, 0) is 19.3 Å². The summed E-state index contributed by atoms with van der Waals surface area (Å²) in [4.78, 5) is 0. The maximum absolute atomic E-state index is 5.24. The summed E-state index contributed by atoms with van der Waals surface area (Å²) in [6.07, 6.45) is 0.145. The fourth-order valence-corrected chi connectivity index (χ4v) is 2.95. The van der Waals surface area contributed by atoms with Crippen molar-refractivity contribution < 1.29 is 4.43 Å². The topological polar surface area (TPSA) is 9.23 Å². The summed E-state index contributed by atoms with van der Waals surface area (Å²) in [5.41, 5.74) is 0.134. The Morgan fingerprint density at radius 1 is 1.18 bits per heavy atom. The van der Waals surface area contributed by atoms with Crippen LogP contribution in [0.25, 0.3) is 0 Å². The quantitative estimate of drug-likeness (QED) is 0.529. The monoisotopic (exact) mass is 235 g/mol. The molecule has 0 amide bonds. The lowest BCUT2D eigenvalue weighted by Gasteiger charge is -2.38. The molecule has 3 heteroatoms. The van der Waals surface area contributed by atoms with Crippen LogP contribution in [0.4, 0.5) is 0 Å². The zero-order valence-corrected chi connectivity index (χ0v) is 10.4. The Balaban J connectivity index is 4.43. The first-order valence-electron chi connectivity index (χ1n) is 3.71. The zero-order valence-electron chi connectivity index (χ0n) is 7.86. The Morgan fingerprint density at radius 2 is 1.55 bits per heavy atom. The predicted molar refractivity (Wildman–Crippen MR) is 53.1 cm³/mol. The molecule has 0 rings (SSSR count). The van der Waals surface area contributed by atoms with Crippen LogP contribution in [-0.2, 0) is 4.43 Å². The molecule has 0 N–H and O–H groups in total. The SMILES string of the molecule is CC(C)(C)C(O[Si])C(C)(C)Br. The Kier molecular flexibility index (Phi) is 3.80. The maximum Gasteiger partial charge on any atom is 0.246 e. The molecule has 0 aromatic rings. The second-order valence-corrected chi connectivity index (χ2v) is 6.71. The largest absolute Gasteiger partial charge is 0.414 e. The van der Waals surface area contributed by atoms with Gasteiger partial charge < -0.3 is 4.43 Å². The molecule has 0 saturated heterocycles. The fraction of sp³-hybridized carbons (Fsp3) is 1.00. The number of hydrogen-bond acceptors (Lipinski definition) is 1. The van der Waals surface area contributed by atoms with E-state index in [0.717, 1.165) is 0 Å². The van der Waals surface area contributed by atoms with Gasteiger partial charge in [0, 0.05) is 4.32 Å². The van der Waals surface area contributed by atoms with E-state index in [9.17, 15) is 0 Å². The van der Waals surface area contributed by atoms with Gasteiger partial charge in [-0.15, -0.1) is 0 Å². The number of halogens is 1. The minimum absolute atomic E-state index is 0.00694. The first kappa shape index (κ1) is 11.7. The molecule has 0 aliphatic carbocycles. The van der Waals surface area contributed by atoms with E-state index in [4.69, 9.17) is 4.43 Å². The smallest absolute Gasteiger partial charge is 0.246 e. The summed E-state index contributed by atoms with van der Waals surface area (Å²) in [6.45, 7) is 10.7. The van der Waals surface area contributed by atoms with Crippen molar-refractivity contribution in [2.75, 3.05) is 0 Å². The zero-order chi connectivity index (χ0) is 9.28. The molecule has 0 heterocycles. The molecule has 3 radical (unpaired) electrons. The van der Waals surface area contributed by atoms with Crippen molar-refractivity contribution >= 4 is 26.4 Å². The summed E-state index contributed by atoms with van der Waals surface area (Å²) in [7, 11) is 3.11. The highest BCUT2D eigenvalue weighted by atomic mass is 79.9. The first-order valence-corrected chi connectivity index (χ1v) is 4.91. The lowest BCUT2D eigenvalue weighted by atomic mass is 9.83. The number of rotatable bonds is 2. The summed E-state index contributed by atoms with van der Waals surface area (Å²) < 4.78 is 5.23. The van der Waals surface area contributed by atoms with Crippen LogP contribution >= 0.6 is 15.9 Å². The molecule has 1 nitrogen and oxygen atoms in total. The van der Waals surface area contributed by atoms with Crippen molar-refractivity contribution in [3.8, 4) is 0 Å². The minimum atomic E-state index is -0.00694. The average Bonchev–Trinajstić information content (AvgIpc) is 1.56. The minimum Gasteiger partial charge on any atom is -0.414 e. The predicted octanol–water partition coefficient (Wildman–Crippen LogP) is 2.67. The summed E-state index contributed by atoms with van der Waals surface area (Å²) in [6, 6.07) is 0. The van der Waals surface area contributed by atoms with Gasteiger partial charge in [0.05, 0.1) is 6.10 Å². The van der Waals surface area contributed by atoms with Gasteiger partial charge in [0.15, 0.2) is 0 Å². The van der Waals surface area contributed by atoms with Crippen molar-refractivity contribution in [2.24, 2.45) is 5.41 Å². The third kappa shape index (κ3) is 3.72. The van der Waals surface area contributed by atoms with Gasteiger partial charge in [-0.25, -0.2) is 0 Å². The highest BCUT2D eigenvalue weighted by Gasteiger charge is 2.35. The van der Waals surface area contributed by atoms with Gasteiger partial charge in [-0.1, -0.05) is 36.7 Å². The lowest BCUT2D eigenvalue weighted by molar-refractivity contribution is 0.0722. The van der Waals surface area contributed by atoms with E-state index in [1.165, 1.54) is 0 Å². The third-order valence-electron chi connectivity index (χ3n) is 1.53. The fourth-order valence-electron chi connectivity index (χ4n) is 1.35. The van der Waals surface area contributed by atoms with Crippen molar-refractivity contribution in [1.82, 2.24) is 0 Å². The van der Waals surface area contributed by atoms with E-state index in [1.807, 2.05) is 0 Å². The van der Waals surface area contributed by atoms with Gasteiger partial charge in [0.1, 0.15) is 0 Å².